The number of aromatic nitrogens is 2. The van der Waals surface area contributed by atoms with E-state index < -0.39 is 16.0 Å². The molecule has 1 aliphatic heterocycles. The van der Waals surface area contributed by atoms with E-state index in [1.54, 1.807) is 35.7 Å². The molecule has 3 heterocycles. The third-order valence-electron chi connectivity index (χ3n) is 6.20. The Hall–Kier alpha value is -3.25. The summed E-state index contributed by atoms with van der Waals surface area (Å²) < 4.78 is 51.9. The highest BCUT2D eigenvalue weighted by molar-refractivity contribution is 7.90. The van der Waals surface area contributed by atoms with Crippen molar-refractivity contribution in [2.45, 2.75) is 19.9 Å². The molecule has 2 aromatic carbocycles. The van der Waals surface area contributed by atoms with Crippen LogP contribution in [0.3, 0.4) is 0 Å². The molecule has 0 aliphatic carbocycles. The fourth-order valence-corrected chi connectivity index (χ4v) is 6.41. The van der Waals surface area contributed by atoms with Crippen LogP contribution in [0.15, 0.2) is 58.8 Å². The molecule has 8 nitrogen and oxygen atoms in total. The molecule has 0 radical (unpaired) electrons. The van der Waals surface area contributed by atoms with Crippen LogP contribution in [0, 0.1) is 12.7 Å². The van der Waals surface area contributed by atoms with Gasteiger partial charge in [-0.3, -0.25) is 9.36 Å². The van der Waals surface area contributed by atoms with Gasteiger partial charge < -0.3 is 4.74 Å². The lowest BCUT2D eigenvalue weighted by molar-refractivity contribution is 0.385. The number of thiazole rings is 1. The maximum Gasteiger partial charge on any atom is 0.303 e. The van der Waals surface area contributed by atoms with Crippen molar-refractivity contribution in [3.63, 3.8) is 0 Å². The monoisotopic (exact) mass is 560 g/mol. The fourth-order valence-electron chi connectivity index (χ4n) is 4.37. The number of methoxy groups -OCH3 is 1. The maximum atomic E-state index is 15.4. The largest absolute Gasteiger partial charge is 0.495 e. The molecule has 0 spiro atoms. The van der Waals surface area contributed by atoms with Crippen molar-refractivity contribution >= 4 is 38.3 Å². The molecule has 1 aliphatic rings. The molecule has 12 heteroatoms. The number of aryl methyl sites for hydroxylation is 1. The summed E-state index contributed by atoms with van der Waals surface area (Å²) in [6.45, 7) is 2.01. The normalized spacial score (nSPS) is 13.8. The van der Waals surface area contributed by atoms with Crippen LogP contribution in [0.5, 0.6) is 5.75 Å². The molecule has 0 unspecified atom stereocenters. The van der Waals surface area contributed by atoms with Gasteiger partial charge in [-0.2, -0.15) is 12.7 Å². The number of nitrogens with zero attached hydrogens (tertiary/aromatic N) is 3. The van der Waals surface area contributed by atoms with Crippen molar-refractivity contribution < 1.29 is 17.5 Å². The Morgan fingerprint density at radius 2 is 2.00 bits per heavy atom. The van der Waals surface area contributed by atoms with Crippen LogP contribution >= 0.6 is 22.9 Å². The zero-order valence-corrected chi connectivity index (χ0v) is 22.3. The summed E-state index contributed by atoms with van der Waals surface area (Å²) in [5.74, 6) is -0.227. The Morgan fingerprint density at radius 1 is 1.19 bits per heavy atom. The van der Waals surface area contributed by atoms with Crippen LogP contribution in [-0.2, 0) is 23.2 Å². The van der Waals surface area contributed by atoms with Gasteiger partial charge in [-0.25, -0.2) is 14.1 Å². The van der Waals surface area contributed by atoms with Gasteiger partial charge >= 0.3 is 10.2 Å². The number of nitrogens with one attached hydrogen (secondary N) is 1. The van der Waals surface area contributed by atoms with Crippen LogP contribution in [0.1, 0.15) is 16.8 Å². The predicted octanol–water partition coefficient (Wildman–Crippen LogP) is 4.79. The second kappa shape index (κ2) is 9.90. The molecular weight excluding hydrogens is 539 g/mol. The maximum absolute atomic E-state index is 15.4. The van der Waals surface area contributed by atoms with Crippen molar-refractivity contribution in [1.29, 1.82) is 0 Å². The molecule has 192 valence electrons. The molecular formula is C25H22ClFN4O4S2. The average molecular weight is 561 g/mol. The molecule has 0 bridgehead atoms. The second-order valence-corrected chi connectivity index (χ2v) is 11.4. The van der Waals surface area contributed by atoms with E-state index in [1.807, 2.05) is 6.92 Å². The van der Waals surface area contributed by atoms with Gasteiger partial charge in [0.25, 0.3) is 5.56 Å². The van der Waals surface area contributed by atoms with Crippen molar-refractivity contribution in [1.82, 2.24) is 13.9 Å². The molecule has 0 atom stereocenters. The first kappa shape index (κ1) is 25.4. The van der Waals surface area contributed by atoms with Crippen LogP contribution in [-0.4, -0.2) is 35.9 Å². The summed E-state index contributed by atoms with van der Waals surface area (Å²) in [6, 6.07) is 11.0. The second-order valence-electron chi connectivity index (χ2n) is 8.47. The molecule has 0 saturated heterocycles. The van der Waals surface area contributed by atoms with E-state index in [9.17, 15) is 13.2 Å². The first-order valence-corrected chi connectivity index (χ1v) is 13.9. The summed E-state index contributed by atoms with van der Waals surface area (Å²) in [7, 11) is -2.40. The molecule has 0 saturated carbocycles. The Labute approximate surface area is 222 Å². The molecule has 5 rings (SSSR count). The Balaban J connectivity index is 1.54. The van der Waals surface area contributed by atoms with Crippen LogP contribution in [0.2, 0.25) is 5.02 Å². The van der Waals surface area contributed by atoms with Gasteiger partial charge in [-0.1, -0.05) is 23.7 Å². The topological polar surface area (TPSA) is 93.5 Å². The average Bonchev–Trinajstić information content (AvgIpc) is 3.37. The summed E-state index contributed by atoms with van der Waals surface area (Å²) in [6.07, 6.45) is 1.76. The van der Waals surface area contributed by atoms with E-state index in [0.717, 1.165) is 5.56 Å². The first-order chi connectivity index (χ1) is 17.7. The van der Waals surface area contributed by atoms with Crippen molar-refractivity contribution in [3.8, 4) is 22.6 Å². The van der Waals surface area contributed by atoms with Crippen LogP contribution in [0.25, 0.3) is 16.8 Å². The number of rotatable bonds is 6. The SMILES string of the molecule is COc1cc(-c2ccc(Cl)c(C)c2)c(F)cc1-n1c2c(ccc1=O)CN(S(=O)(=O)Nc1nccs1)CC2. The lowest BCUT2D eigenvalue weighted by Crippen LogP contribution is -2.41. The smallest absolute Gasteiger partial charge is 0.303 e. The summed E-state index contributed by atoms with van der Waals surface area (Å²) in [5, 5.41) is 2.52. The van der Waals surface area contributed by atoms with Gasteiger partial charge in [0.1, 0.15) is 11.6 Å². The minimum atomic E-state index is -3.85. The predicted molar refractivity (Wildman–Crippen MR) is 143 cm³/mol. The van der Waals surface area contributed by atoms with E-state index in [-0.39, 0.29) is 35.9 Å². The van der Waals surface area contributed by atoms with Crippen molar-refractivity contribution in [2.24, 2.45) is 0 Å². The zero-order valence-electron chi connectivity index (χ0n) is 19.9. The van der Waals surface area contributed by atoms with Gasteiger partial charge in [0.2, 0.25) is 0 Å². The fraction of sp³-hybridized carbons (Fsp3) is 0.200. The number of fused-ring (bicyclic) bond motifs is 1. The third-order valence-corrected chi connectivity index (χ3v) is 8.88. The minimum absolute atomic E-state index is 0.0449. The van der Waals surface area contributed by atoms with Gasteiger partial charge in [-0.05, 0) is 41.8 Å². The lowest BCUT2D eigenvalue weighted by Gasteiger charge is -2.30. The van der Waals surface area contributed by atoms with E-state index in [4.69, 9.17) is 16.3 Å². The third kappa shape index (κ3) is 4.87. The zero-order chi connectivity index (χ0) is 26.3. The Bertz CT molecular complexity index is 1660. The molecule has 37 heavy (non-hydrogen) atoms. The standard InChI is InChI=1S/C25H22ClFN4O4S2/c1-15-11-16(3-5-19(15)26)18-12-23(35-2)22(13-20(18)27)31-21-7-9-30(14-17(21)4-6-24(31)32)37(33,34)29-25-28-8-10-36-25/h3-6,8,10-13H,7,9,14H2,1-2H3,(H,28,29). The summed E-state index contributed by atoms with van der Waals surface area (Å²) in [5.41, 5.74) is 2.84. The first-order valence-electron chi connectivity index (χ1n) is 11.2. The van der Waals surface area contributed by atoms with Gasteiger partial charge in [0, 0.05) is 59.5 Å². The number of hydrogen-bond donors (Lipinski definition) is 1. The van der Waals surface area contributed by atoms with Crippen molar-refractivity contribution in [3.05, 3.63) is 92.1 Å². The van der Waals surface area contributed by atoms with Gasteiger partial charge in [-0.15, -0.1) is 11.3 Å². The number of ether oxygens (including phenoxy) is 1. The number of halogens is 2. The quantitative estimate of drug-likeness (QED) is 0.366. The summed E-state index contributed by atoms with van der Waals surface area (Å²) in [4.78, 5) is 17.0. The highest BCUT2D eigenvalue weighted by atomic mass is 35.5. The summed E-state index contributed by atoms with van der Waals surface area (Å²) >= 11 is 7.30. The van der Waals surface area contributed by atoms with Crippen LogP contribution in [0.4, 0.5) is 9.52 Å². The van der Waals surface area contributed by atoms with E-state index in [1.165, 1.54) is 45.6 Å². The number of benzene rings is 2. The molecule has 0 amide bonds. The van der Waals surface area contributed by atoms with Crippen LogP contribution < -0.4 is 15.0 Å². The number of anilines is 1. The number of pyridine rings is 1. The highest BCUT2D eigenvalue weighted by Crippen LogP contribution is 2.35. The lowest BCUT2D eigenvalue weighted by atomic mass is 10.0. The number of hydrogen-bond acceptors (Lipinski definition) is 6. The minimum Gasteiger partial charge on any atom is -0.495 e. The van der Waals surface area contributed by atoms with Gasteiger partial charge in [0.05, 0.1) is 12.8 Å². The van der Waals surface area contributed by atoms with Crippen molar-refractivity contribution in [2.75, 3.05) is 18.4 Å². The Morgan fingerprint density at radius 3 is 2.70 bits per heavy atom. The van der Waals surface area contributed by atoms with E-state index >= 15 is 4.39 Å². The van der Waals surface area contributed by atoms with Gasteiger partial charge in [0.15, 0.2) is 5.13 Å². The Kier molecular flexibility index (Phi) is 6.80. The molecule has 0 fully saturated rings. The molecule has 4 aromatic rings. The highest BCUT2D eigenvalue weighted by Gasteiger charge is 2.30. The van der Waals surface area contributed by atoms with E-state index in [2.05, 4.69) is 9.71 Å². The molecule has 1 N–H and O–H groups in total. The molecule has 2 aromatic heterocycles. The van der Waals surface area contributed by atoms with E-state index in [0.29, 0.717) is 33.2 Å².